The minimum Gasteiger partial charge on any atom is -0.456 e. The van der Waals surface area contributed by atoms with Crippen LogP contribution in [0, 0.1) is 0 Å². The van der Waals surface area contributed by atoms with Crippen LogP contribution in [0.1, 0.15) is 40.0 Å². The Morgan fingerprint density at radius 2 is 0.864 bits per heavy atom. The average Bonchev–Trinajstić information content (AvgIpc) is 2.34. The zero-order valence-electron chi connectivity index (χ0n) is 16.5. The summed E-state index contributed by atoms with van der Waals surface area (Å²) in [7, 11) is -2.92. The van der Waals surface area contributed by atoms with Crippen molar-refractivity contribution in [1.29, 1.82) is 0 Å². The van der Waals surface area contributed by atoms with E-state index in [1.54, 1.807) is 0 Å². The van der Waals surface area contributed by atoms with E-state index in [9.17, 15) is 0 Å². The van der Waals surface area contributed by atoms with Gasteiger partial charge in [-0.2, -0.15) is 0 Å². The van der Waals surface area contributed by atoms with Gasteiger partial charge in [-0.05, 0) is 58.5 Å². The van der Waals surface area contributed by atoms with Gasteiger partial charge in [-0.3, -0.25) is 0 Å². The molecule has 7 heteroatoms. The Balaban J connectivity index is 0. The summed E-state index contributed by atoms with van der Waals surface area (Å²) in [6.07, 6.45) is 2.96. The maximum Gasteiger partial charge on any atom is 0.639 e. The second-order valence-electron chi connectivity index (χ2n) is 7.23. The number of rotatable bonds is 11. The third-order valence-corrected chi connectivity index (χ3v) is 6.89. The highest BCUT2D eigenvalue weighted by atomic mass is 28.4. The highest BCUT2D eigenvalue weighted by Gasteiger charge is 2.24. The van der Waals surface area contributed by atoms with Gasteiger partial charge in [0.15, 0.2) is 16.6 Å². The van der Waals surface area contributed by atoms with Crippen molar-refractivity contribution < 1.29 is 18.1 Å². The molecule has 0 atom stereocenters. The van der Waals surface area contributed by atoms with Gasteiger partial charge in [0.25, 0.3) is 0 Å². The molecule has 0 saturated carbocycles. The minimum atomic E-state index is -1.23. The van der Waals surface area contributed by atoms with Crippen LogP contribution in [-0.2, 0) is 18.1 Å². The van der Waals surface area contributed by atoms with Crippen LogP contribution in [0.5, 0.6) is 0 Å². The predicted octanol–water partition coefficient (Wildman–Crippen LogP) is 4.92. The van der Waals surface area contributed by atoms with Crippen LogP contribution in [0.4, 0.5) is 0 Å². The molecule has 0 fully saturated rings. The molecule has 0 radical (unpaired) electrons. The molecular weight excluding hydrogens is 311 g/mol. The lowest BCUT2D eigenvalue weighted by atomic mass is 10.2. The number of hydrogen-bond acceptors (Lipinski definition) is 4. The van der Waals surface area contributed by atoms with Gasteiger partial charge in [0.05, 0.1) is 0 Å². The molecule has 0 unspecified atom stereocenters. The van der Waals surface area contributed by atoms with E-state index < -0.39 is 24.0 Å². The molecule has 0 aromatic carbocycles. The molecular formula is C15H39BO4Si2. The molecule has 0 aliphatic carbocycles. The van der Waals surface area contributed by atoms with Crippen LogP contribution in [0.25, 0.3) is 0 Å². The van der Waals surface area contributed by atoms with E-state index in [0.717, 1.165) is 19.3 Å². The molecule has 22 heavy (non-hydrogen) atoms. The third-order valence-electron chi connectivity index (χ3n) is 1.99. The molecule has 0 aliphatic rings. The number of hydrogen-bond donors (Lipinski definition) is 0. The van der Waals surface area contributed by atoms with E-state index in [0.29, 0.717) is 19.8 Å². The van der Waals surface area contributed by atoms with Crippen molar-refractivity contribution >= 4 is 24.0 Å². The largest absolute Gasteiger partial charge is 0.639 e. The summed E-state index contributed by atoms with van der Waals surface area (Å²) in [4.78, 5) is 0. The van der Waals surface area contributed by atoms with Gasteiger partial charge in [-0.1, -0.05) is 20.8 Å². The summed E-state index contributed by atoms with van der Waals surface area (Å²) >= 11 is 0. The molecule has 0 rings (SSSR count). The summed E-state index contributed by atoms with van der Waals surface area (Å²) in [6, 6.07) is 0. The molecule has 0 amide bonds. The second-order valence-corrected chi connectivity index (χ2v) is 16.5. The molecule has 4 nitrogen and oxygen atoms in total. The monoisotopic (exact) mass is 350 g/mol. The van der Waals surface area contributed by atoms with Gasteiger partial charge < -0.3 is 18.1 Å². The molecule has 134 valence electrons. The molecule has 0 bridgehead atoms. The summed E-state index contributed by atoms with van der Waals surface area (Å²) in [5.74, 6) is 0. The van der Waals surface area contributed by atoms with Crippen molar-refractivity contribution in [2.24, 2.45) is 0 Å². The fourth-order valence-electron chi connectivity index (χ4n) is 1.71. The van der Waals surface area contributed by atoms with Crippen LogP contribution < -0.4 is 0 Å². The minimum absolute atomic E-state index is 0.458. The van der Waals surface area contributed by atoms with Gasteiger partial charge in [0.1, 0.15) is 0 Å². The van der Waals surface area contributed by atoms with Gasteiger partial charge in [-0.25, -0.2) is 0 Å². The van der Waals surface area contributed by atoms with Gasteiger partial charge in [0.2, 0.25) is 0 Å². The van der Waals surface area contributed by atoms with E-state index in [2.05, 4.69) is 60.1 Å². The van der Waals surface area contributed by atoms with Gasteiger partial charge in [0, 0.05) is 19.8 Å². The lowest BCUT2D eigenvalue weighted by Gasteiger charge is -2.27. The molecule has 0 spiro atoms. The maximum atomic E-state index is 5.90. The van der Waals surface area contributed by atoms with E-state index in [4.69, 9.17) is 18.1 Å². The summed E-state index contributed by atoms with van der Waals surface area (Å²) in [5.41, 5.74) is 0. The maximum absolute atomic E-state index is 5.90. The van der Waals surface area contributed by atoms with Crippen molar-refractivity contribution in [2.45, 2.75) is 79.3 Å². The zero-order chi connectivity index (χ0) is 17.6. The molecule has 0 aliphatic heterocycles. The normalized spacial score (nSPS) is 11.9. The van der Waals surface area contributed by atoms with Crippen LogP contribution in [0.2, 0.25) is 39.3 Å². The first-order valence-electron chi connectivity index (χ1n) is 8.60. The summed E-state index contributed by atoms with van der Waals surface area (Å²) in [6.45, 7) is 21.7. The van der Waals surface area contributed by atoms with Gasteiger partial charge in [-0.15, -0.1) is 0 Å². The summed E-state index contributed by atoms with van der Waals surface area (Å²) in [5, 5.41) is 0. The Bertz CT molecular complexity index is 212. The van der Waals surface area contributed by atoms with Crippen molar-refractivity contribution in [2.75, 3.05) is 19.8 Å². The SMILES string of the molecule is CCCOB(OCCC)OCCC.C[Si](C)(C)O[Si](C)(C)C. The second kappa shape index (κ2) is 13.7. The van der Waals surface area contributed by atoms with Crippen molar-refractivity contribution in [3.8, 4) is 0 Å². The van der Waals surface area contributed by atoms with Crippen LogP contribution in [0.3, 0.4) is 0 Å². The van der Waals surface area contributed by atoms with E-state index >= 15 is 0 Å². The first-order chi connectivity index (χ1) is 10.1. The van der Waals surface area contributed by atoms with Crippen molar-refractivity contribution in [3.63, 3.8) is 0 Å². The Morgan fingerprint density at radius 3 is 1.00 bits per heavy atom. The van der Waals surface area contributed by atoms with Crippen LogP contribution in [0.15, 0.2) is 0 Å². The first-order valence-corrected chi connectivity index (χ1v) is 15.4. The highest BCUT2D eigenvalue weighted by molar-refractivity contribution is 6.83. The van der Waals surface area contributed by atoms with Crippen LogP contribution >= 0.6 is 0 Å². The van der Waals surface area contributed by atoms with E-state index in [-0.39, 0.29) is 0 Å². The molecule has 0 N–H and O–H groups in total. The fourth-order valence-corrected chi connectivity index (χ4v) is 9.05. The third kappa shape index (κ3) is 22.6. The van der Waals surface area contributed by atoms with Crippen LogP contribution in [-0.4, -0.2) is 43.8 Å². The lowest BCUT2D eigenvalue weighted by Crippen LogP contribution is -2.39. The standard InChI is InChI=1S/C9H21BO3.C6H18OSi2/c1-4-7-11-10(12-8-5-2)13-9-6-3;1-8(2,3)7-9(4,5)6/h4-9H2,1-3H3;1-6H3. The Kier molecular flexibility index (Phi) is 15.4. The average molecular weight is 350 g/mol. The zero-order valence-corrected chi connectivity index (χ0v) is 18.5. The molecule has 0 aromatic heterocycles. The Morgan fingerprint density at radius 1 is 0.591 bits per heavy atom. The van der Waals surface area contributed by atoms with Crippen molar-refractivity contribution in [1.82, 2.24) is 0 Å². The highest BCUT2D eigenvalue weighted by Crippen LogP contribution is 2.12. The first kappa shape index (κ1) is 24.6. The Hall–Kier alpha value is 0.339. The smallest absolute Gasteiger partial charge is 0.456 e. The molecule has 0 heterocycles. The fraction of sp³-hybridized carbons (Fsp3) is 1.00. The van der Waals surface area contributed by atoms with E-state index in [1.165, 1.54) is 0 Å². The molecule has 0 saturated heterocycles. The summed E-state index contributed by atoms with van der Waals surface area (Å²) < 4.78 is 22.0. The Labute approximate surface area is 141 Å². The lowest BCUT2D eigenvalue weighted by molar-refractivity contribution is 0.0933. The van der Waals surface area contributed by atoms with Gasteiger partial charge >= 0.3 is 7.32 Å². The van der Waals surface area contributed by atoms with Crippen molar-refractivity contribution in [3.05, 3.63) is 0 Å². The molecule has 0 aromatic rings. The van der Waals surface area contributed by atoms with E-state index in [1.807, 2.05) is 0 Å². The topological polar surface area (TPSA) is 36.9 Å². The predicted molar refractivity (Wildman–Crippen MR) is 102 cm³/mol. The quantitative estimate of drug-likeness (QED) is 0.495.